The molecule has 1 N–H and O–H groups in total. The van der Waals surface area contributed by atoms with Crippen molar-refractivity contribution in [3.05, 3.63) is 34.4 Å². The maximum atomic E-state index is 6.27. The van der Waals surface area contributed by atoms with Crippen LogP contribution in [0, 0.1) is 0 Å². The normalized spacial score (nSPS) is 20.5. The molecule has 6 heteroatoms. The second-order valence-corrected chi connectivity index (χ2v) is 6.88. The molecule has 0 saturated carbocycles. The lowest BCUT2D eigenvalue weighted by Gasteiger charge is -2.40. The summed E-state index contributed by atoms with van der Waals surface area (Å²) in [4.78, 5) is 7.26. The van der Waals surface area contributed by atoms with Crippen LogP contribution in [0.15, 0.2) is 33.9 Å². The molecule has 24 heavy (non-hydrogen) atoms. The summed E-state index contributed by atoms with van der Waals surface area (Å²) in [6, 6.07) is 5.95. The molecule has 0 aliphatic carbocycles. The molecule has 0 amide bonds. The predicted molar refractivity (Wildman–Crippen MR) is 99.8 cm³/mol. The number of fused-ring (bicyclic) bond motifs is 3. The fourth-order valence-electron chi connectivity index (χ4n) is 3.56. The van der Waals surface area contributed by atoms with Crippen molar-refractivity contribution in [1.29, 1.82) is 0 Å². The van der Waals surface area contributed by atoms with E-state index in [2.05, 4.69) is 24.1 Å². The van der Waals surface area contributed by atoms with Gasteiger partial charge >= 0.3 is 0 Å². The Morgan fingerprint density at radius 2 is 2.04 bits per heavy atom. The number of benzene rings is 1. The predicted octanol–water partition coefficient (Wildman–Crippen LogP) is 3.45. The van der Waals surface area contributed by atoms with Gasteiger partial charge in [-0.2, -0.15) is 10.1 Å². The number of piperazine rings is 1. The Hall–Kier alpha value is -1.85. The molecule has 5 nitrogen and oxygen atoms in total. The first kappa shape index (κ1) is 15.7. The third-order valence-corrected chi connectivity index (χ3v) is 4.97. The molecule has 4 rings (SSSR count). The highest BCUT2D eigenvalue weighted by Crippen LogP contribution is 2.41. The van der Waals surface area contributed by atoms with Gasteiger partial charge in [-0.15, -0.1) is 0 Å². The van der Waals surface area contributed by atoms with Crippen molar-refractivity contribution in [2.24, 2.45) is 10.1 Å². The molecular weight excluding hydrogens is 322 g/mol. The minimum absolute atomic E-state index is 0.740. The molecular formula is C18H22ClN5. The van der Waals surface area contributed by atoms with Crippen molar-refractivity contribution in [1.82, 2.24) is 15.2 Å². The van der Waals surface area contributed by atoms with Crippen LogP contribution < -0.4 is 5.32 Å². The first-order valence-corrected chi connectivity index (χ1v) is 8.95. The van der Waals surface area contributed by atoms with Gasteiger partial charge in [0, 0.05) is 48.9 Å². The first-order chi connectivity index (χ1) is 11.7. The summed E-state index contributed by atoms with van der Waals surface area (Å²) in [5.41, 5.74) is 5.77. The maximum absolute atomic E-state index is 6.27. The standard InChI is InChI=1S/C18H22ClN5/c1-3-13-10-12(2)22-24-17(13)15-11-14(19)4-5-16(15)21-18(24)23-8-6-20-7-9-23/h4-5,11,20H,3,6-10H2,1-2H3. The average Bonchev–Trinajstić information content (AvgIpc) is 2.61. The van der Waals surface area contributed by atoms with Gasteiger partial charge in [0.2, 0.25) is 5.96 Å². The summed E-state index contributed by atoms with van der Waals surface area (Å²) in [7, 11) is 0. The lowest BCUT2D eigenvalue weighted by molar-refractivity contribution is 0.322. The molecule has 1 fully saturated rings. The van der Waals surface area contributed by atoms with Gasteiger partial charge in [-0.05, 0) is 37.1 Å². The van der Waals surface area contributed by atoms with Gasteiger partial charge in [-0.25, -0.2) is 4.99 Å². The zero-order valence-corrected chi connectivity index (χ0v) is 14.9. The van der Waals surface area contributed by atoms with E-state index in [1.54, 1.807) is 0 Å². The largest absolute Gasteiger partial charge is 0.338 e. The molecule has 0 spiro atoms. The van der Waals surface area contributed by atoms with Crippen molar-refractivity contribution < 1.29 is 0 Å². The number of hydrogen-bond donors (Lipinski definition) is 1. The van der Waals surface area contributed by atoms with Crippen molar-refractivity contribution in [2.75, 3.05) is 26.2 Å². The molecule has 3 aliphatic heterocycles. The van der Waals surface area contributed by atoms with E-state index in [0.29, 0.717) is 0 Å². The zero-order valence-electron chi connectivity index (χ0n) is 14.1. The van der Waals surface area contributed by atoms with Crippen LogP contribution in [-0.4, -0.2) is 47.8 Å². The Kier molecular flexibility index (Phi) is 4.06. The third kappa shape index (κ3) is 2.62. The molecule has 1 aromatic rings. The summed E-state index contributed by atoms with van der Waals surface area (Å²) in [5, 5.41) is 11.0. The highest BCUT2D eigenvalue weighted by Gasteiger charge is 2.33. The number of halogens is 1. The topological polar surface area (TPSA) is 43.2 Å². The van der Waals surface area contributed by atoms with E-state index in [1.165, 1.54) is 11.3 Å². The minimum atomic E-state index is 0.740. The van der Waals surface area contributed by atoms with Crippen molar-refractivity contribution >= 4 is 34.7 Å². The monoisotopic (exact) mass is 343 g/mol. The van der Waals surface area contributed by atoms with E-state index in [0.717, 1.165) is 67.0 Å². The third-order valence-electron chi connectivity index (χ3n) is 4.74. The SMILES string of the molecule is CCC1=C2c3cc(Cl)ccc3N=C(N3CCNCC3)N2N=C(C)C1. The Morgan fingerprint density at radius 3 is 2.79 bits per heavy atom. The van der Waals surface area contributed by atoms with Gasteiger partial charge in [0.1, 0.15) is 0 Å². The molecule has 126 valence electrons. The molecule has 0 radical (unpaired) electrons. The molecule has 0 bridgehead atoms. The summed E-state index contributed by atoms with van der Waals surface area (Å²) < 4.78 is 0. The van der Waals surface area contributed by atoms with Gasteiger partial charge in [0.15, 0.2) is 0 Å². The van der Waals surface area contributed by atoms with Crippen LogP contribution in [0.25, 0.3) is 5.70 Å². The van der Waals surface area contributed by atoms with Crippen molar-refractivity contribution in [2.45, 2.75) is 26.7 Å². The van der Waals surface area contributed by atoms with E-state index in [4.69, 9.17) is 21.7 Å². The summed E-state index contributed by atoms with van der Waals surface area (Å²) in [5.74, 6) is 0.936. The van der Waals surface area contributed by atoms with Gasteiger partial charge in [0.25, 0.3) is 0 Å². The van der Waals surface area contributed by atoms with Gasteiger partial charge in [-0.1, -0.05) is 18.5 Å². The average molecular weight is 344 g/mol. The fraction of sp³-hybridized carbons (Fsp3) is 0.444. The quantitative estimate of drug-likeness (QED) is 0.849. The summed E-state index contributed by atoms with van der Waals surface area (Å²) >= 11 is 6.27. The van der Waals surface area contributed by atoms with Crippen LogP contribution in [0.5, 0.6) is 0 Å². The van der Waals surface area contributed by atoms with E-state index in [-0.39, 0.29) is 0 Å². The van der Waals surface area contributed by atoms with Crippen molar-refractivity contribution in [3.8, 4) is 0 Å². The van der Waals surface area contributed by atoms with Crippen molar-refractivity contribution in [3.63, 3.8) is 0 Å². The second kappa shape index (κ2) is 6.22. The number of hydrazone groups is 1. The number of rotatable bonds is 1. The van der Waals surface area contributed by atoms with E-state index < -0.39 is 0 Å². The lowest BCUT2D eigenvalue weighted by atomic mass is 9.96. The molecule has 1 aromatic carbocycles. The number of hydrogen-bond acceptors (Lipinski definition) is 5. The Labute approximate surface area is 147 Å². The molecule has 3 heterocycles. The highest BCUT2D eigenvalue weighted by atomic mass is 35.5. The number of allylic oxidation sites excluding steroid dienone is 1. The van der Waals surface area contributed by atoms with Gasteiger partial charge < -0.3 is 10.2 Å². The molecule has 0 aromatic heterocycles. The minimum Gasteiger partial charge on any atom is -0.338 e. The van der Waals surface area contributed by atoms with E-state index in [9.17, 15) is 0 Å². The molecule has 0 unspecified atom stereocenters. The number of guanidine groups is 1. The maximum Gasteiger partial charge on any atom is 0.227 e. The fourth-order valence-corrected chi connectivity index (χ4v) is 3.73. The van der Waals surface area contributed by atoms with Crippen LogP contribution in [0.1, 0.15) is 32.3 Å². The van der Waals surface area contributed by atoms with Crippen LogP contribution in [0.3, 0.4) is 0 Å². The second-order valence-electron chi connectivity index (χ2n) is 6.44. The van der Waals surface area contributed by atoms with Gasteiger partial charge in [0.05, 0.1) is 11.4 Å². The lowest BCUT2D eigenvalue weighted by Crippen LogP contribution is -2.52. The van der Waals surface area contributed by atoms with Gasteiger partial charge in [-0.3, -0.25) is 0 Å². The first-order valence-electron chi connectivity index (χ1n) is 8.58. The van der Waals surface area contributed by atoms with Crippen LogP contribution in [0.4, 0.5) is 5.69 Å². The Balaban J connectivity index is 1.89. The van der Waals surface area contributed by atoms with Crippen LogP contribution >= 0.6 is 11.6 Å². The summed E-state index contributed by atoms with van der Waals surface area (Å²) in [6.07, 6.45) is 1.92. The number of nitrogens with zero attached hydrogens (tertiary/aromatic N) is 4. The smallest absolute Gasteiger partial charge is 0.227 e. The number of aliphatic imine (C=N–C) groups is 1. The summed E-state index contributed by atoms with van der Waals surface area (Å²) in [6.45, 7) is 8.14. The Bertz CT molecular complexity index is 759. The van der Waals surface area contributed by atoms with Crippen LogP contribution in [0.2, 0.25) is 5.02 Å². The molecule has 3 aliphatic rings. The highest BCUT2D eigenvalue weighted by molar-refractivity contribution is 6.31. The van der Waals surface area contributed by atoms with E-state index in [1.807, 2.05) is 23.2 Å². The molecule has 0 atom stereocenters. The Morgan fingerprint density at radius 1 is 1.25 bits per heavy atom. The van der Waals surface area contributed by atoms with Crippen LogP contribution in [-0.2, 0) is 0 Å². The van der Waals surface area contributed by atoms with E-state index >= 15 is 0 Å². The molecule has 1 saturated heterocycles. The number of nitrogens with one attached hydrogen (secondary N) is 1. The zero-order chi connectivity index (χ0) is 16.7.